The van der Waals surface area contributed by atoms with Crippen LogP contribution < -0.4 is 18.9 Å². The number of rotatable bonds is 12. The van der Waals surface area contributed by atoms with E-state index >= 15 is 0 Å². The Morgan fingerprint density at radius 1 is 0.769 bits per heavy atom. The highest BCUT2D eigenvalue weighted by Crippen LogP contribution is 2.42. The van der Waals surface area contributed by atoms with Crippen LogP contribution in [0.3, 0.4) is 0 Å². The quantitative estimate of drug-likeness (QED) is 0.334. The minimum absolute atomic E-state index is 0.148. The Labute approximate surface area is 232 Å². The first kappa shape index (κ1) is 28.3. The third kappa shape index (κ3) is 6.14. The first-order valence-corrected chi connectivity index (χ1v) is 13.4. The van der Waals surface area contributed by atoms with E-state index in [1.807, 2.05) is 65.6 Å². The second-order valence-corrected chi connectivity index (χ2v) is 9.99. The van der Waals surface area contributed by atoms with Crippen LogP contribution in [-0.4, -0.2) is 77.4 Å². The summed E-state index contributed by atoms with van der Waals surface area (Å²) in [6.07, 6.45) is 2.53. The fraction of sp³-hybridized carbons (Fsp3) is 0.406. The van der Waals surface area contributed by atoms with Gasteiger partial charge in [-0.25, -0.2) is 0 Å². The van der Waals surface area contributed by atoms with Crippen LogP contribution >= 0.6 is 0 Å². The largest absolute Gasteiger partial charge is 0.497 e. The Balaban J connectivity index is 1.49. The average molecular weight is 533 g/mol. The van der Waals surface area contributed by atoms with Crippen molar-refractivity contribution in [2.24, 2.45) is 0 Å². The summed E-state index contributed by atoms with van der Waals surface area (Å²) < 4.78 is 21.7. The molecule has 0 saturated carbocycles. The van der Waals surface area contributed by atoms with Crippen molar-refractivity contribution >= 4 is 5.91 Å². The van der Waals surface area contributed by atoms with Gasteiger partial charge in [0.15, 0.2) is 0 Å². The molecular weight excluding hydrogens is 492 g/mol. The van der Waals surface area contributed by atoms with Gasteiger partial charge in [-0.2, -0.15) is 0 Å². The summed E-state index contributed by atoms with van der Waals surface area (Å²) in [6, 6.07) is 21.8. The highest BCUT2D eigenvalue weighted by atomic mass is 16.5. The van der Waals surface area contributed by atoms with Gasteiger partial charge in [-0.3, -0.25) is 4.79 Å². The standard InChI is InChI=1S/C32H40N2O5/c1-33(20-17-24-7-12-29(38-4)23-30(24)39-5)21-22-34-19-6-18-32(31(34)35,25-8-13-27(36-2)14-9-25)26-10-15-28(37-3)16-11-26/h7-16,23H,6,17-22H2,1-5H3. The normalized spacial score (nSPS) is 14.8. The Bertz CT molecular complexity index is 1180. The van der Waals surface area contributed by atoms with Crippen LogP contribution in [0.5, 0.6) is 23.0 Å². The third-order valence-electron chi connectivity index (χ3n) is 7.81. The lowest BCUT2D eigenvalue weighted by Gasteiger charge is -2.43. The fourth-order valence-electron chi connectivity index (χ4n) is 5.45. The van der Waals surface area contributed by atoms with Gasteiger partial charge in [-0.15, -0.1) is 0 Å². The Morgan fingerprint density at radius 3 is 1.87 bits per heavy atom. The number of methoxy groups -OCH3 is 4. The Morgan fingerprint density at radius 2 is 1.33 bits per heavy atom. The summed E-state index contributed by atoms with van der Waals surface area (Å²) in [5.74, 6) is 3.31. The summed E-state index contributed by atoms with van der Waals surface area (Å²) >= 11 is 0. The van der Waals surface area contributed by atoms with Crippen molar-refractivity contribution in [1.82, 2.24) is 9.80 Å². The first-order valence-electron chi connectivity index (χ1n) is 13.4. The van der Waals surface area contributed by atoms with Crippen LogP contribution in [-0.2, 0) is 16.6 Å². The first-order chi connectivity index (χ1) is 18.9. The van der Waals surface area contributed by atoms with E-state index in [4.69, 9.17) is 18.9 Å². The molecule has 1 aliphatic heterocycles. The molecule has 3 aromatic rings. The number of hydrogen-bond donors (Lipinski definition) is 0. The summed E-state index contributed by atoms with van der Waals surface area (Å²) in [4.78, 5) is 18.6. The van der Waals surface area contributed by atoms with Crippen LogP contribution in [0.1, 0.15) is 29.5 Å². The molecule has 1 amide bonds. The van der Waals surface area contributed by atoms with Crippen LogP contribution in [0.15, 0.2) is 66.7 Å². The molecule has 0 aromatic heterocycles. The number of ether oxygens (including phenoxy) is 4. The molecule has 1 heterocycles. The molecule has 0 atom stereocenters. The van der Waals surface area contributed by atoms with Crippen molar-refractivity contribution < 1.29 is 23.7 Å². The maximum atomic E-state index is 14.3. The maximum absolute atomic E-state index is 14.3. The minimum Gasteiger partial charge on any atom is -0.497 e. The molecule has 7 heteroatoms. The molecule has 0 unspecified atom stereocenters. The second-order valence-electron chi connectivity index (χ2n) is 9.99. The predicted molar refractivity (Wildman–Crippen MR) is 153 cm³/mol. The zero-order chi connectivity index (χ0) is 27.8. The topological polar surface area (TPSA) is 60.5 Å². The van der Waals surface area contributed by atoms with Gasteiger partial charge in [-0.05, 0) is 73.3 Å². The number of benzene rings is 3. The summed E-state index contributed by atoms with van der Waals surface area (Å²) in [5, 5.41) is 0. The van der Waals surface area contributed by atoms with Crippen molar-refractivity contribution in [3.63, 3.8) is 0 Å². The number of amides is 1. The molecule has 0 N–H and O–H groups in total. The van der Waals surface area contributed by atoms with E-state index in [1.54, 1.807) is 28.4 Å². The zero-order valence-corrected chi connectivity index (χ0v) is 23.7. The van der Waals surface area contributed by atoms with Gasteiger partial charge in [0.1, 0.15) is 23.0 Å². The van der Waals surface area contributed by atoms with Crippen molar-refractivity contribution in [3.8, 4) is 23.0 Å². The molecule has 1 aliphatic rings. The van der Waals surface area contributed by atoms with Gasteiger partial charge in [0.25, 0.3) is 0 Å². The molecule has 0 aliphatic carbocycles. The molecule has 1 fully saturated rings. The van der Waals surface area contributed by atoms with Crippen LogP contribution in [0.2, 0.25) is 0 Å². The van der Waals surface area contributed by atoms with E-state index in [2.05, 4.69) is 18.0 Å². The molecule has 39 heavy (non-hydrogen) atoms. The van der Waals surface area contributed by atoms with Crippen LogP contribution in [0.25, 0.3) is 0 Å². The summed E-state index contributed by atoms with van der Waals surface area (Å²) in [5.41, 5.74) is 2.37. The van der Waals surface area contributed by atoms with Crippen molar-refractivity contribution in [1.29, 1.82) is 0 Å². The minimum atomic E-state index is -0.744. The fourth-order valence-corrected chi connectivity index (χ4v) is 5.45. The van der Waals surface area contributed by atoms with Crippen molar-refractivity contribution in [2.45, 2.75) is 24.7 Å². The average Bonchev–Trinajstić information content (AvgIpc) is 2.99. The molecule has 4 rings (SSSR count). The van der Waals surface area contributed by atoms with Gasteiger partial charge in [-0.1, -0.05) is 30.3 Å². The smallest absolute Gasteiger partial charge is 0.237 e. The maximum Gasteiger partial charge on any atom is 0.237 e. The van der Waals surface area contributed by atoms with Gasteiger partial charge >= 0.3 is 0 Å². The van der Waals surface area contributed by atoms with Crippen molar-refractivity contribution in [2.75, 3.05) is 61.7 Å². The second kappa shape index (κ2) is 12.9. The summed E-state index contributed by atoms with van der Waals surface area (Å²) in [6.45, 7) is 3.06. The van der Waals surface area contributed by atoms with E-state index in [-0.39, 0.29) is 5.91 Å². The zero-order valence-electron chi connectivity index (χ0n) is 23.7. The van der Waals surface area contributed by atoms with Gasteiger partial charge < -0.3 is 28.7 Å². The number of hydrogen-bond acceptors (Lipinski definition) is 6. The molecule has 3 aromatic carbocycles. The Hall–Kier alpha value is -3.71. The molecule has 1 saturated heterocycles. The van der Waals surface area contributed by atoms with Gasteiger partial charge in [0.2, 0.25) is 5.91 Å². The van der Waals surface area contributed by atoms with E-state index in [1.165, 1.54) is 0 Å². The Kier molecular flexibility index (Phi) is 9.36. The monoisotopic (exact) mass is 532 g/mol. The van der Waals surface area contributed by atoms with Gasteiger partial charge in [0.05, 0.1) is 33.9 Å². The van der Waals surface area contributed by atoms with E-state index in [9.17, 15) is 4.79 Å². The van der Waals surface area contributed by atoms with E-state index in [0.717, 1.165) is 78.6 Å². The lowest BCUT2D eigenvalue weighted by Crippen LogP contribution is -2.53. The summed E-state index contributed by atoms with van der Waals surface area (Å²) in [7, 11) is 8.75. The van der Waals surface area contributed by atoms with Gasteiger partial charge in [0, 0.05) is 32.2 Å². The number of likely N-dealkylation sites (N-methyl/N-ethyl adjacent to an activating group) is 1. The van der Waals surface area contributed by atoms with Crippen LogP contribution in [0.4, 0.5) is 0 Å². The number of carbonyl (C=O) groups excluding carboxylic acids is 1. The van der Waals surface area contributed by atoms with Crippen LogP contribution in [0, 0.1) is 0 Å². The molecule has 0 bridgehead atoms. The third-order valence-corrected chi connectivity index (χ3v) is 7.81. The molecule has 208 valence electrons. The molecule has 7 nitrogen and oxygen atoms in total. The van der Waals surface area contributed by atoms with Crippen molar-refractivity contribution in [3.05, 3.63) is 83.4 Å². The number of nitrogens with zero attached hydrogens (tertiary/aromatic N) is 2. The molecule has 0 spiro atoms. The highest BCUT2D eigenvalue weighted by molar-refractivity contribution is 5.93. The van der Waals surface area contributed by atoms with E-state index < -0.39 is 5.41 Å². The lowest BCUT2D eigenvalue weighted by atomic mass is 9.68. The number of likely N-dealkylation sites (tertiary alicyclic amines) is 1. The number of carbonyl (C=O) groups is 1. The SMILES string of the molecule is COc1ccc(C2(c3ccc(OC)cc3)CCCN(CCN(C)CCc3ccc(OC)cc3OC)C2=O)cc1. The highest BCUT2D eigenvalue weighted by Gasteiger charge is 2.46. The van der Waals surface area contributed by atoms with E-state index in [0.29, 0.717) is 6.54 Å². The lowest BCUT2D eigenvalue weighted by molar-refractivity contribution is -0.139. The molecule has 0 radical (unpaired) electrons. The predicted octanol–water partition coefficient (Wildman–Crippen LogP) is 4.80. The number of piperidine rings is 1. The molecular formula is C32H40N2O5.